The Morgan fingerprint density at radius 1 is 1.54 bits per heavy atom. The summed E-state index contributed by atoms with van der Waals surface area (Å²) in [5.74, 6) is 0. The third-order valence-corrected chi connectivity index (χ3v) is 5.83. The number of hydrogen-bond donors (Lipinski definition) is 2. The third-order valence-electron chi connectivity index (χ3n) is 4.12. The number of nitrogens with one attached hydrogen (secondary N) is 1. The van der Waals surface area contributed by atoms with Crippen molar-refractivity contribution in [2.24, 2.45) is 5.41 Å². The second-order valence-corrected chi connectivity index (χ2v) is 9.88. The van der Waals surface area contributed by atoms with Gasteiger partial charge in [0, 0.05) is 12.3 Å². The third kappa shape index (κ3) is 3.87. The average molecular weight is 406 g/mol. The number of aliphatic hydroxyl groups is 1. The van der Waals surface area contributed by atoms with Gasteiger partial charge in [0.25, 0.3) is 5.56 Å². The lowest BCUT2D eigenvalue weighted by Crippen LogP contribution is -2.48. The Morgan fingerprint density at radius 2 is 2.23 bits per heavy atom. The van der Waals surface area contributed by atoms with Crippen molar-refractivity contribution in [3.8, 4) is 0 Å². The van der Waals surface area contributed by atoms with Gasteiger partial charge in [-0.25, -0.2) is 4.57 Å². The first-order valence-corrected chi connectivity index (χ1v) is 10.0. The van der Waals surface area contributed by atoms with Crippen LogP contribution in [-0.2, 0) is 22.9 Å². The van der Waals surface area contributed by atoms with Gasteiger partial charge in [0.1, 0.15) is 17.8 Å². The highest BCUT2D eigenvalue weighted by molar-refractivity contribution is 7.71. The lowest BCUT2D eigenvalue weighted by atomic mass is 9.96. The summed E-state index contributed by atoms with van der Waals surface area (Å²) in [6.07, 6.45) is -1.13. The predicted octanol–water partition coefficient (Wildman–Crippen LogP) is 2.14. The Kier molecular flexibility index (Phi) is 5.07. The monoisotopic (exact) mass is 406 g/mol. The van der Waals surface area contributed by atoms with E-state index in [9.17, 15) is 14.5 Å². The van der Waals surface area contributed by atoms with Crippen LogP contribution in [0.15, 0.2) is 17.1 Å². The van der Waals surface area contributed by atoms with Crippen LogP contribution >= 0.6 is 20.0 Å². The Hall–Kier alpha value is -0.870. The molecule has 1 aromatic rings. The van der Waals surface area contributed by atoms with Gasteiger partial charge in [-0.2, -0.15) is 0 Å². The minimum atomic E-state index is -3.83. The molecule has 1 aromatic heterocycles. The number of nitrogens with zero attached hydrogens (tertiary/aromatic N) is 1. The first-order chi connectivity index (χ1) is 11.9. The molecule has 2 aliphatic rings. The number of phosphoric acid groups is 1. The lowest BCUT2D eigenvalue weighted by molar-refractivity contribution is -0.0938. The van der Waals surface area contributed by atoms with Crippen molar-refractivity contribution in [3.63, 3.8) is 0 Å². The molecule has 2 aliphatic heterocycles. The minimum Gasteiger partial charge on any atom is -0.383 e. The number of H-pyrrole nitrogens is 1. The van der Waals surface area contributed by atoms with Crippen LogP contribution < -0.4 is 5.56 Å². The van der Waals surface area contributed by atoms with Gasteiger partial charge < -0.3 is 9.84 Å². The number of fused-ring (bicyclic) bond motifs is 1. The van der Waals surface area contributed by atoms with E-state index in [0.29, 0.717) is 0 Å². The van der Waals surface area contributed by atoms with Crippen molar-refractivity contribution in [2.75, 3.05) is 13.2 Å². The molecular formula is C15H23N2O7PS. The van der Waals surface area contributed by atoms with E-state index in [1.54, 1.807) is 0 Å². The van der Waals surface area contributed by atoms with Crippen molar-refractivity contribution in [1.82, 2.24) is 9.55 Å². The summed E-state index contributed by atoms with van der Waals surface area (Å²) < 4.78 is 36.3. The molecular weight excluding hydrogens is 383 g/mol. The summed E-state index contributed by atoms with van der Waals surface area (Å²) >= 11 is 5.14. The van der Waals surface area contributed by atoms with E-state index in [1.165, 1.54) is 23.8 Å². The van der Waals surface area contributed by atoms with Gasteiger partial charge >= 0.3 is 7.82 Å². The van der Waals surface area contributed by atoms with E-state index in [-0.39, 0.29) is 29.0 Å². The zero-order valence-electron chi connectivity index (χ0n) is 15.0. The summed E-state index contributed by atoms with van der Waals surface area (Å²) in [6, 6.07) is 1.27. The van der Waals surface area contributed by atoms with Crippen LogP contribution in [0.4, 0.5) is 0 Å². The van der Waals surface area contributed by atoms with Gasteiger partial charge in [0.15, 0.2) is 11.0 Å². The summed E-state index contributed by atoms with van der Waals surface area (Å²) in [5, 5.41) is 11.0. The van der Waals surface area contributed by atoms with Crippen LogP contribution in [0.25, 0.3) is 0 Å². The molecule has 146 valence electrons. The normalized spacial score (nSPS) is 37.5. The number of aromatic amines is 1. The smallest absolute Gasteiger partial charge is 0.383 e. The first-order valence-electron chi connectivity index (χ1n) is 8.18. The number of aromatic nitrogens is 2. The maximum absolute atomic E-state index is 12.8. The zero-order valence-corrected chi connectivity index (χ0v) is 16.7. The van der Waals surface area contributed by atoms with E-state index in [2.05, 4.69) is 4.98 Å². The second kappa shape index (κ2) is 6.63. The molecule has 3 heterocycles. The average Bonchev–Trinajstić information content (AvgIpc) is 2.76. The van der Waals surface area contributed by atoms with Crippen LogP contribution in [0.3, 0.4) is 0 Å². The largest absolute Gasteiger partial charge is 0.475 e. The Morgan fingerprint density at radius 3 is 2.85 bits per heavy atom. The Bertz CT molecular complexity index is 843. The molecule has 2 fully saturated rings. The van der Waals surface area contributed by atoms with Gasteiger partial charge in [-0.05, 0) is 24.6 Å². The molecule has 0 aliphatic carbocycles. The van der Waals surface area contributed by atoms with E-state index in [1.807, 2.05) is 20.8 Å². The highest BCUT2D eigenvalue weighted by Gasteiger charge is 2.60. The molecule has 0 radical (unpaired) electrons. The topological polar surface area (TPSA) is 112 Å². The van der Waals surface area contributed by atoms with Crippen LogP contribution in [0.5, 0.6) is 0 Å². The molecule has 5 atom stereocenters. The number of ether oxygens (including phenoxy) is 1. The lowest BCUT2D eigenvalue weighted by Gasteiger charge is -2.35. The van der Waals surface area contributed by atoms with Crippen LogP contribution in [0.1, 0.15) is 33.9 Å². The van der Waals surface area contributed by atoms with Crippen LogP contribution in [0.2, 0.25) is 0 Å². The summed E-state index contributed by atoms with van der Waals surface area (Å²) in [5.41, 5.74) is -2.17. The van der Waals surface area contributed by atoms with Gasteiger partial charge in [-0.3, -0.25) is 27.9 Å². The maximum Gasteiger partial charge on any atom is 0.475 e. The van der Waals surface area contributed by atoms with Crippen molar-refractivity contribution < 1.29 is 28.0 Å². The van der Waals surface area contributed by atoms with Gasteiger partial charge in [0.05, 0.1) is 13.2 Å². The molecule has 0 amide bonds. The van der Waals surface area contributed by atoms with Gasteiger partial charge in [-0.15, -0.1) is 0 Å². The van der Waals surface area contributed by atoms with Crippen molar-refractivity contribution in [1.29, 1.82) is 0 Å². The van der Waals surface area contributed by atoms with Crippen molar-refractivity contribution >= 4 is 20.0 Å². The molecule has 3 rings (SSSR count). The van der Waals surface area contributed by atoms with Gasteiger partial charge in [0.2, 0.25) is 0 Å². The van der Waals surface area contributed by atoms with Crippen LogP contribution in [-0.4, -0.2) is 45.7 Å². The predicted molar refractivity (Wildman–Crippen MR) is 94.3 cm³/mol. The fourth-order valence-electron chi connectivity index (χ4n) is 2.83. The molecule has 26 heavy (non-hydrogen) atoms. The minimum absolute atomic E-state index is 0.0601. The SMILES string of the molecule is CC(C)(C)COP1(=O)OCC2OC(n3ccc(=O)[nH]c3=S)C(C)(O)C2O1. The first kappa shape index (κ1) is 19.9. The Balaban J connectivity index is 1.84. The van der Waals surface area contributed by atoms with E-state index < -0.39 is 31.9 Å². The molecule has 2 saturated heterocycles. The standard InChI is InChI=1S/C15H23N2O7PS/c1-14(2,3)8-22-25(20)21-7-9-11(24-25)15(4,19)12(23-9)17-6-5-10(18)16-13(17)26/h5-6,9,11-12,19H,7-8H2,1-4H3,(H,16,18,26). The fraction of sp³-hybridized carbons (Fsp3) is 0.733. The molecule has 0 aromatic carbocycles. The highest BCUT2D eigenvalue weighted by Crippen LogP contribution is 2.59. The maximum atomic E-state index is 12.8. The molecule has 11 heteroatoms. The van der Waals surface area contributed by atoms with Crippen molar-refractivity contribution in [2.45, 2.75) is 51.7 Å². The number of rotatable bonds is 3. The molecule has 9 nitrogen and oxygen atoms in total. The summed E-state index contributed by atoms with van der Waals surface area (Å²) in [4.78, 5) is 13.8. The fourth-order valence-corrected chi connectivity index (χ4v) is 4.78. The summed E-state index contributed by atoms with van der Waals surface area (Å²) in [7, 11) is -3.83. The van der Waals surface area contributed by atoms with E-state index in [4.69, 9.17) is 30.5 Å². The summed E-state index contributed by atoms with van der Waals surface area (Å²) in [6.45, 7) is 7.38. The number of hydrogen-bond acceptors (Lipinski definition) is 8. The Labute approximate surface area is 155 Å². The second-order valence-electron chi connectivity index (χ2n) is 7.87. The van der Waals surface area contributed by atoms with Gasteiger partial charge in [-0.1, -0.05) is 20.8 Å². The quantitative estimate of drug-likeness (QED) is 0.580. The molecule has 0 bridgehead atoms. The molecule has 0 spiro atoms. The van der Waals surface area contributed by atoms with E-state index >= 15 is 0 Å². The zero-order chi connectivity index (χ0) is 19.3. The highest BCUT2D eigenvalue weighted by atomic mass is 32.1. The molecule has 0 saturated carbocycles. The number of phosphoric ester groups is 1. The van der Waals surface area contributed by atoms with Crippen LogP contribution in [0, 0.1) is 10.2 Å². The van der Waals surface area contributed by atoms with Crippen molar-refractivity contribution in [3.05, 3.63) is 27.4 Å². The molecule has 2 N–H and O–H groups in total. The molecule has 5 unspecified atom stereocenters. The van der Waals surface area contributed by atoms with E-state index in [0.717, 1.165) is 0 Å².